The van der Waals surface area contributed by atoms with Gasteiger partial charge in [-0.1, -0.05) is 227 Å². The third-order valence-corrected chi connectivity index (χ3v) is 13.0. The van der Waals surface area contributed by atoms with Gasteiger partial charge in [-0.25, -0.2) is 0 Å². The maximum atomic E-state index is 12.9. The molecule has 0 saturated carbocycles. The molecule has 1 fully saturated rings. The molecule has 72 heavy (non-hydrogen) atoms. The van der Waals surface area contributed by atoms with Crippen LogP contribution in [-0.2, 0) is 23.7 Å². The summed E-state index contributed by atoms with van der Waals surface area (Å²) < 4.78 is 23.0. The Kier molecular flexibility index (Phi) is 49.4. The molecule has 0 spiro atoms. The summed E-state index contributed by atoms with van der Waals surface area (Å²) >= 11 is 0. The predicted octanol–water partition coefficient (Wildman–Crippen LogP) is 15.5. The van der Waals surface area contributed by atoms with Gasteiger partial charge in [0.2, 0.25) is 0 Å². The normalized spacial score (nSPS) is 19.4. The molecule has 414 valence electrons. The number of carbonyl (C=O) groups is 1. The first-order valence-electron chi connectivity index (χ1n) is 29.3. The molecular formula is C63H108O9. The first-order valence-corrected chi connectivity index (χ1v) is 29.3. The van der Waals surface area contributed by atoms with Crippen molar-refractivity contribution in [2.24, 2.45) is 0 Å². The van der Waals surface area contributed by atoms with Crippen molar-refractivity contribution in [3.05, 3.63) is 97.2 Å². The topological polar surface area (TPSA) is 135 Å². The van der Waals surface area contributed by atoms with Gasteiger partial charge in [-0.3, -0.25) is 4.79 Å². The number of aliphatic hydroxyl groups excluding tert-OH is 4. The van der Waals surface area contributed by atoms with Crippen LogP contribution in [0.4, 0.5) is 0 Å². The van der Waals surface area contributed by atoms with Gasteiger partial charge >= 0.3 is 5.97 Å². The molecule has 0 aromatic rings. The van der Waals surface area contributed by atoms with Crippen LogP contribution in [0.3, 0.4) is 0 Å². The van der Waals surface area contributed by atoms with Crippen molar-refractivity contribution in [3.8, 4) is 0 Å². The second-order valence-electron chi connectivity index (χ2n) is 19.7. The SMILES string of the molecule is CC/C=C\C/C=C\C/C=C\C/C=C\C/C=C\C/C=C\CCCCCCCOCC(COC1OC(CO)C(O)C(O)C1O)OC(=O)CCCCCCCCCCCCCCC/C=C\C/C=C\CCCCCCC. The average Bonchev–Trinajstić information content (AvgIpc) is 3.38. The van der Waals surface area contributed by atoms with E-state index < -0.39 is 43.4 Å². The smallest absolute Gasteiger partial charge is 0.306 e. The van der Waals surface area contributed by atoms with Crippen molar-refractivity contribution in [3.63, 3.8) is 0 Å². The minimum Gasteiger partial charge on any atom is -0.457 e. The number of rotatable bonds is 50. The molecule has 1 heterocycles. The van der Waals surface area contributed by atoms with Crippen molar-refractivity contribution in [2.45, 2.75) is 269 Å². The first kappa shape index (κ1) is 67.1. The fraction of sp³-hybridized carbons (Fsp3) is 0.730. The number of hydrogen-bond donors (Lipinski definition) is 4. The van der Waals surface area contributed by atoms with E-state index in [9.17, 15) is 25.2 Å². The Balaban J connectivity index is 2.18. The van der Waals surface area contributed by atoms with Crippen LogP contribution in [0.1, 0.15) is 232 Å². The van der Waals surface area contributed by atoms with Crippen molar-refractivity contribution in [1.82, 2.24) is 0 Å². The lowest BCUT2D eigenvalue weighted by Crippen LogP contribution is -2.59. The number of aliphatic hydroxyl groups is 4. The van der Waals surface area contributed by atoms with Crippen LogP contribution >= 0.6 is 0 Å². The van der Waals surface area contributed by atoms with Gasteiger partial charge in [0, 0.05) is 13.0 Å². The quantitative estimate of drug-likeness (QED) is 0.0267. The van der Waals surface area contributed by atoms with E-state index in [0.29, 0.717) is 13.0 Å². The summed E-state index contributed by atoms with van der Waals surface area (Å²) in [7, 11) is 0. The Labute approximate surface area is 441 Å². The zero-order valence-corrected chi connectivity index (χ0v) is 45.9. The van der Waals surface area contributed by atoms with Crippen LogP contribution < -0.4 is 0 Å². The van der Waals surface area contributed by atoms with Crippen molar-refractivity contribution >= 4 is 5.97 Å². The molecule has 1 aliphatic rings. The Hall–Kier alpha value is -2.89. The van der Waals surface area contributed by atoms with Crippen LogP contribution in [0.15, 0.2) is 97.2 Å². The molecule has 9 heteroatoms. The van der Waals surface area contributed by atoms with Gasteiger partial charge in [-0.05, 0) is 96.3 Å². The predicted molar refractivity (Wildman–Crippen MR) is 302 cm³/mol. The zero-order chi connectivity index (χ0) is 52.1. The zero-order valence-electron chi connectivity index (χ0n) is 45.9. The molecule has 0 radical (unpaired) electrons. The number of unbranched alkanes of at least 4 members (excludes halogenated alkanes) is 23. The lowest BCUT2D eigenvalue weighted by molar-refractivity contribution is -0.305. The highest BCUT2D eigenvalue weighted by atomic mass is 16.7. The van der Waals surface area contributed by atoms with E-state index in [0.717, 1.165) is 103 Å². The third-order valence-electron chi connectivity index (χ3n) is 13.0. The molecule has 1 aliphatic heterocycles. The molecular weight excluding hydrogens is 901 g/mol. The van der Waals surface area contributed by atoms with E-state index in [1.165, 1.54) is 109 Å². The number of ether oxygens (including phenoxy) is 4. The third kappa shape index (κ3) is 42.5. The number of allylic oxidation sites excluding steroid dienone is 16. The monoisotopic (exact) mass is 1010 g/mol. The van der Waals surface area contributed by atoms with E-state index in [4.69, 9.17) is 18.9 Å². The Bertz CT molecular complexity index is 1430. The molecule has 6 atom stereocenters. The van der Waals surface area contributed by atoms with Crippen LogP contribution in [0.25, 0.3) is 0 Å². The Morgan fingerprint density at radius 1 is 0.458 bits per heavy atom. The first-order chi connectivity index (χ1) is 35.4. The van der Waals surface area contributed by atoms with Gasteiger partial charge in [0.1, 0.15) is 30.5 Å². The van der Waals surface area contributed by atoms with E-state index in [1.54, 1.807) is 0 Å². The molecule has 0 aromatic carbocycles. The summed E-state index contributed by atoms with van der Waals surface area (Å²) in [4.78, 5) is 12.9. The Morgan fingerprint density at radius 3 is 1.28 bits per heavy atom. The van der Waals surface area contributed by atoms with Crippen LogP contribution in [-0.4, -0.2) is 89.6 Å². The van der Waals surface area contributed by atoms with Gasteiger partial charge < -0.3 is 39.4 Å². The molecule has 0 aliphatic carbocycles. The number of esters is 1. The van der Waals surface area contributed by atoms with E-state index >= 15 is 0 Å². The summed E-state index contributed by atoms with van der Waals surface area (Å²) in [6.45, 7) is 4.40. The minimum absolute atomic E-state index is 0.126. The standard InChI is InChI=1S/C63H108O9/c1-3-5-7-9-11-13-15-17-19-21-23-25-27-29-30-32-34-36-38-40-42-44-46-48-50-52-59(65)71-57(56-70-63-62(68)61(67)60(66)58(54-64)72-63)55-69-53-51-49-47-45-43-41-39-37-35-33-31-28-26-24-22-20-18-16-14-12-10-8-6-4-2/h6,8,12,14-15,17-18,20-21,23-24,26,31,33,37,39,57-58,60-64,66-68H,3-5,7,9-11,13,16,19,22,25,27-30,32,34-36,38,40-56H2,1-2H3/b8-6-,14-12-,17-15-,20-18-,23-21-,26-24-,33-31-,39-37-. The lowest BCUT2D eigenvalue weighted by Gasteiger charge is -2.39. The minimum atomic E-state index is -1.55. The molecule has 4 N–H and O–H groups in total. The fourth-order valence-electron chi connectivity index (χ4n) is 8.47. The van der Waals surface area contributed by atoms with Crippen LogP contribution in [0.2, 0.25) is 0 Å². The van der Waals surface area contributed by atoms with Gasteiger partial charge in [-0.15, -0.1) is 0 Å². The molecule has 1 rings (SSSR count). The van der Waals surface area contributed by atoms with Gasteiger partial charge in [-0.2, -0.15) is 0 Å². The maximum absolute atomic E-state index is 12.9. The summed E-state index contributed by atoms with van der Waals surface area (Å²) in [5.41, 5.74) is 0. The number of hydrogen-bond acceptors (Lipinski definition) is 9. The summed E-state index contributed by atoms with van der Waals surface area (Å²) in [6.07, 6.45) is 67.4. The van der Waals surface area contributed by atoms with Gasteiger partial charge in [0.25, 0.3) is 0 Å². The average molecular weight is 1010 g/mol. The van der Waals surface area contributed by atoms with E-state index in [1.807, 2.05) is 0 Å². The summed E-state index contributed by atoms with van der Waals surface area (Å²) in [5, 5.41) is 40.4. The summed E-state index contributed by atoms with van der Waals surface area (Å²) in [5.74, 6) is -0.323. The highest BCUT2D eigenvalue weighted by Crippen LogP contribution is 2.23. The van der Waals surface area contributed by atoms with Crippen LogP contribution in [0, 0.1) is 0 Å². The maximum Gasteiger partial charge on any atom is 0.306 e. The van der Waals surface area contributed by atoms with Gasteiger partial charge in [0.15, 0.2) is 6.29 Å². The molecule has 1 saturated heterocycles. The highest BCUT2D eigenvalue weighted by Gasteiger charge is 2.44. The fourth-order valence-corrected chi connectivity index (χ4v) is 8.47. The van der Waals surface area contributed by atoms with Crippen molar-refractivity contribution in [1.29, 1.82) is 0 Å². The van der Waals surface area contributed by atoms with Crippen molar-refractivity contribution < 1.29 is 44.2 Å². The molecule has 0 amide bonds. The Morgan fingerprint density at radius 2 is 0.847 bits per heavy atom. The molecule has 0 aromatic heterocycles. The second kappa shape index (κ2) is 53.0. The summed E-state index contributed by atoms with van der Waals surface area (Å²) in [6, 6.07) is 0. The second-order valence-corrected chi connectivity index (χ2v) is 19.7. The van der Waals surface area contributed by atoms with Crippen LogP contribution in [0.5, 0.6) is 0 Å². The van der Waals surface area contributed by atoms with Crippen molar-refractivity contribution in [2.75, 3.05) is 26.4 Å². The highest BCUT2D eigenvalue weighted by molar-refractivity contribution is 5.69. The van der Waals surface area contributed by atoms with E-state index in [-0.39, 0.29) is 19.2 Å². The number of carbonyl (C=O) groups excluding carboxylic acids is 1. The molecule has 0 bridgehead atoms. The molecule has 9 nitrogen and oxygen atoms in total. The lowest BCUT2D eigenvalue weighted by atomic mass is 9.99. The molecule has 6 unspecified atom stereocenters. The van der Waals surface area contributed by atoms with Gasteiger partial charge in [0.05, 0.1) is 19.8 Å². The van der Waals surface area contributed by atoms with E-state index in [2.05, 4.69) is 111 Å². The largest absolute Gasteiger partial charge is 0.457 e.